The first-order valence-electron chi connectivity index (χ1n) is 9.66. The van der Waals surface area contributed by atoms with Crippen LogP contribution in [0.5, 0.6) is 5.75 Å². The topological polar surface area (TPSA) is 91.6 Å². The van der Waals surface area contributed by atoms with Crippen LogP contribution in [0.1, 0.15) is 45.7 Å². The van der Waals surface area contributed by atoms with E-state index in [0.717, 1.165) is 24.8 Å². The molecular weight excluding hydrogens is 358 g/mol. The summed E-state index contributed by atoms with van der Waals surface area (Å²) in [4.78, 5) is 40.0. The molecule has 2 bridgehead atoms. The van der Waals surface area contributed by atoms with Gasteiger partial charge in [0, 0.05) is 25.3 Å². The van der Waals surface area contributed by atoms with Gasteiger partial charge in [-0.25, -0.2) is 0 Å². The zero-order valence-electron chi connectivity index (χ0n) is 15.3. The molecule has 0 spiro atoms. The van der Waals surface area contributed by atoms with Crippen molar-refractivity contribution in [1.82, 2.24) is 14.8 Å². The van der Waals surface area contributed by atoms with Gasteiger partial charge in [-0.15, -0.1) is 0 Å². The molecule has 7 nitrogen and oxygen atoms in total. The first kappa shape index (κ1) is 17.0. The molecule has 1 saturated heterocycles. The zero-order chi connectivity index (χ0) is 19.4. The molecule has 2 aromatic rings. The number of benzene rings is 1. The fourth-order valence-electron chi connectivity index (χ4n) is 5.02. The number of nitrogens with one attached hydrogen (secondary N) is 1. The molecule has 0 radical (unpaired) electrons. The summed E-state index contributed by atoms with van der Waals surface area (Å²) in [5, 5.41) is 13.2. The predicted octanol–water partition coefficient (Wildman–Crippen LogP) is 1.49. The Morgan fingerprint density at radius 2 is 1.96 bits per heavy atom. The fourth-order valence-corrected chi connectivity index (χ4v) is 5.02. The standard InChI is InChI=1S/C21H21N3O4/c25-18-15(20(27)22-9-12-4-2-1-3-5-12)10-23-11-16-13-6-7-14(8-13)24(16)21(28)17(23)19(18)26/h1-5,10,13-14,16,26H,6-9,11H2,(H,22,27)/t13-,14+,16+/m1/s1. The summed E-state index contributed by atoms with van der Waals surface area (Å²) in [7, 11) is 0. The minimum atomic E-state index is -0.798. The molecular formula is C21H21N3O4. The van der Waals surface area contributed by atoms with Crippen molar-refractivity contribution in [2.45, 2.75) is 44.4 Å². The summed E-state index contributed by atoms with van der Waals surface area (Å²) in [6, 6.07) is 9.66. The van der Waals surface area contributed by atoms with E-state index >= 15 is 0 Å². The summed E-state index contributed by atoms with van der Waals surface area (Å²) < 4.78 is 1.60. The number of nitrogens with zero attached hydrogens (tertiary/aromatic N) is 2. The highest BCUT2D eigenvalue weighted by molar-refractivity contribution is 5.99. The molecule has 3 aliphatic rings. The van der Waals surface area contributed by atoms with E-state index in [4.69, 9.17) is 0 Å². The molecule has 3 heterocycles. The first-order valence-corrected chi connectivity index (χ1v) is 9.66. The summed E-state index contributed by atoms with van der Waals surface area (Å²) >= 11 is 0. The third kappa shape index (κ3) is 2.46. The van der Waals surface area contributed by atoms with E-state index < -0.39 is 17.1 Å². The highest BCUT2D eigenvalue weighted by Gasteiger charge is 2.51. The molecule has 2 fully saturated rings. The van der Waals surface area contributed by atoms with Crippen LogP contribution in [0, 0.1) is 5.92 Å². The van der Waals surface area contributed by atoms with Gasteiger partial charge in [0.05, 0.1) is 6.04 Å². The Bertz CT molecular complexity index is 1030. The Morgan fingerprint density at radius 3 is 2.75 bits per heavy atom. The van der Waals surface area contributed by atoms with E-state index in [2.05, 4.69) is 5.32 Å². The molecule has 2 N–H and O–H groups in total. The van der Waals surface area contributed by atoms with E-state index in [1.54, 1.807) is 4.57 Å². The van der Waals surface area contributed by atoms with Crippen LogP contribution in [0.15, 0.2) is 41.3 Å². The van der Waals surface area contributed by atoms with Crippen molar-refractivity contribution in [1.29, 1.82) is 0 Å². The maximum Gasteiger partial charge on any atom is 0.275 e. The molecule has 28 heavy (non-hydrogen) atoms. The zero-order valence-corrected chi connectivity index (χ0v) is 15.3. The number of carbonyl (C=O) groups is 2. The number of hydrogen-bond donors (Lipinski definition) is 2. The minimum absolute atomic E-state index is 0.00779. The lowest BCUT2D eigenvalue weighted by molar-refractivity contribution is 0.0482. The molecule has 3 atom stereocenters. The van der Waals surface area contributed by atoms with Crippen LogP contribution in [0.4, 0.5) is 0 Å². The van der Waals surface area contributed by atoms with E-state index in [9.17, 15) is 19.5 Å². The van der Waals surface area contributed by atoms with Crippen LogP contribution < -0.4 is 10.7 Å². The molecule has 144 valence electrons. The molecule has 0 unspecified atom stereocenters. The smallest absolute Gasteiger partial charge is 0.275 e. The van der Waals surface area contributed by atoms with Crippen molar-refractivity contribution >= 4 is 11.8 Å². The average Bonchev–Trinajstić information content (AvgIpc) is 3.31. The third-order valence-electron chi connectivity index (χ3n) is 6.36. The Kier molecular flexibility index (Phi) is 3.79. The average molecular weight is 379 g/mol. The van der Waals surface area contributed by atoms with Gasteiger partial charge in [0.25, 0.3) is 11.8 Å². The molecule has 7 heteroatoms. The highest BCUT2D eigenvalue weighted by Crippen LogP contribution is 2.45. The molecule has 1 saturated carbocycles. The quantitative estimate of drug-likeness (QED) is 0.845. The molecule has 1 aromatic carbocycles. The van der Waals surface area contributed by atoms with Crippen LogP contribution in [-0.4, -0.2) is 38.5 Å². The van der Waals surface area contributed by atoms with Gasteiger partial charge in [0.15, 0.2) is 11.4 Å². The second kappa shape index (κ2) is 6.22. The Morgan fingerprint density at radius 1 is 1.18 bits per heavy atom. The van der Waals surface area contributed by atoms with Crippen LogP contribution in [0.25, 0.3) is 0 Å². The largest absolute Gasteiger partial charge is 0.503 e. The number of carbonyl (C=O) groups excluding carboxylic acids is 2. The van der Waals surface area contributed by atoms with Crippen molar-refractivity contribution in [2.24, 2.45) is 5.92 Å². The number of fused-ring (bicyclic) bond motifs is 6. The molecule has 5 rings (SSSR count). The number of aromatic hydroxyl groups is 1. The highest BCUT2D eigenvalue weighted by atomic mass is 16.3. The molecule has 1 aromatic heterocycles. The lowest BCUT2D eigenvalue weighted by Crippen LogP contribution is -2.52. The van der Waals surface area contributed by atoms with Gasteiger partial charge < -0.3 is 19.9 Å². The molecule has 1 aliphatic carbocycles. The van der Waals surface area contributed by atoms with Gasteiger partial charge in [-0.3, -0.25) is 14.4 Å². The Balaban J connectivity index is 1.46. The van der Waals surface area contributed by atoms with Crippen molar-refractivity contribution in [2.75, 3.05) is 0 Å². The minimum Gasteiger partial charge on any atom is -0.503 e. The van der Waals surface area contributed by atoms with E-state index in [1.165, 1.54) is 6.20 Å². The Labute approximate surface area is 161 Å². The SMILES string of the molecule is O=C(NCc1ccccc1)c1cn2c(c(O)c1=O)C(=O)N1[C@H]3CC[C@H](C3)[C@@H]1C2. The monoisotopic (exact) mass is 379 g/mol. The number of amides is 2. The summed E-state index contributed by atoms with van der Waals surface area (Å²) in [5.74, 6) is -1.02. The van der Waals surface area contributed by atoms with E-state index in [1.807, 2.05) is 35.2 Å². The lowest BCUT2D eigenvalue weighted by atomic mass is 9.95. The second-order valence-corrected chi connectivity index (χ2v) is 7.90. The normalized spacial score (nSPS) is 24.8. The number of hydrogen-bond acceptors (Lipinski definition) is 4. The van der Waals surface area contributed by atoms with E-state index in [0.29, 0.717) is 12.5 Å². The van der Waals surface area contributed by atoms with Crippen LogP contribution in [0.2, 0.25) is 0 Å². The van der Waals surface area contributed by atoms with E-state index in [-0.39, 0.29) is 35.8 Å². The van der Waals surface area contributed by atoms with Crippen molar-refractivity contribution in [3.63, 3.8) is 0 Å². The third-order valence-corrected chi connectivity index (χ3v) is 6.36. The Hall–Kier alpha value is -3.09. The number of rotatable bonds is 3. The predicted molar refractivity (Wildman–Crippen MR) is 101 cm³/mol. The molecule has 2 amide bonds. The van der Waals surface area contributed by atoms with Gasteiger partial charge >= 0.3 is 0 Å². The van der Waals surface area contributed by atoms with Gasteiger partial charge in [0.2, 0.25) is 5.43 Å². The van der Waals surface area contributed by atoms with Crippen LogP contribution >= 0.6 is 0 Å². The van der Waals surface area contributed by atoms with Crippen LogP contribution in [-0.2, 0) is 13.1 Å². The lowest BCUT2D eigenvalue weighted by Gasteiger charge is -2.40. The van der Waals surface area contributed by atoms with Crippen LogP contribution in [0.3, 0.4) is 0 Å². The summed E-state index contributed by atoms with van der Waals surface area (Å²) in [6.07, 6.45) is 4.50. The summed E-state index contributed by atoms with van der Waals surface area (Å²) in [6.45, 7) is 0.787. The van der Waals surface area contributed by atoms with Crippen molar-refractivity contribution in [3.8, 4) is 5.75 Å². The van der Waals surface area contributed by atoms with Crippen molar-refractivity contribution < 1.29 is 14.7 Å². The maximum atomic E-state index is 13.0. The first-order chi connectivity index (χ1) is 13.5. The van der Waals surface area contributed by atoms with Crippen molar-refractivity contribution in [3.05, 3.63) is 63.6 Å². The van der Waals surface area contributed by atoms with Gasteiger partial charge in [-0.1, -0.05) is 30.3 Å². The number of pyridine rings is 1. The van der Waals surface area contributed by atoms with Gasteiger partial charge in [-0.2, -0.15) is 0 Å². The van der Waals surface area contributed by atoms with Gasteiger partial charge in [0.1, 0.15) is 5.56 Å². The van der Waals surface area contributed by atoms with Gasteiger partial charge in [-0.05, 0) is 30.7 Å². The fraction of sp³-hybridized carbons (Fsp3) is 0.381. The number of piperidine rings is 1. The maximum absolute atomic E-state index is 13.0. The summed E-state index contributed by atoms with van der Waals surface area (Å²) in [5.41, 5.74) is -0.0195. The second-order valence-electron chi connectivity index (χ2n) is 7.90. The number of aromatic nitrogens is 1. The molecule has 2 aliphatic heterocycles.